The number of nitrogens with one attached hydrogen (secondary N) is 1. The first-order valence-electron chi connectivity index (χ1n) is 6.76. The molecule has 4 nitrogen and oxygen atoms in total. The second-order valence-electron chi connectivity index (χ2n) is 4.75. The highest BCUT2D eigenvalue weighted by molar-refractivity contribution is 6.30. The van der Waals surface area contributed by atoms with Crippen molar-refractivity contribution in [1.29, 1.82) is 0 Å². The van der Waals surface area contributed by atoms with Crippen molar-refractivity contribution in [2.45, 2.75) is 6.42 Å². The maximum atomic E-state index is 12.2. The second-order valence-corrected chi connectivity index (χ2v) is 5.19. The number of rotatable bonds is 3. The molecule has 1 aliphatic rings. The molecule has 0 atom stereocenters. The van der Waals surface area contributed by atoms with Gasteiger partial charge in [-0.1, -0.05) is 29.8 Å². The van der Waals surface area contributed by atoms with Gasteiger partial charge in [-0.2, -0.15) is 0 Å². The molecule has 1 N–H and O–H groups in total. The zero-order valence-electron chi connectivity index (χ0n) is 11.4. The van der Waals surface area contributed by atoms with Crippen molar-refractivity contribution in [2.75, 3.05) is 18.2 Å². The maximum absolute atomic E-state index is 12.2. The van der Waals surface area contributed by atoms with Gasteiger partial charge >= 0.3 is 6.03 Å². The SMILES string of the molecule is O=C(NCOc1ccc(Cl)cc1)N1CCc2ccccc21. The van der Waals surface area contributed by atoms with Crippen molar-refractivity contribution < 1.29 is 9.53 Å². The Bertz CT molecular complexity index is 643. The Hall–Kier alpha value is -2.20. The number of fused-ring (bicyclic) bond motifs is 1. The van der Waals surface area contributed by atoms with Crippen LogP contribution in [0.4, 0.5) is 10.5 Å². The van der Waals surface area contributed by atoms with E-state index >= 15 is 0 Å². The molecule has 1 aliphatic heterocycles. The highest BCUT2D eigenvalue weighted by Crippen LogP contribution is 2.27. The topological polar surface area (TPSA) is 41.6 Å². The van der Waals surface area contributed by atoms with E-state index < -0.39 is 0 Å². The van der Waals surface area contributed by atoms with E-state index in [1.807, 2.05) is 24.3 Å². The summed E-state index contributed by atoms with van der Waals surface area (Å²) in [5, 5.41) is 3.41. The van der Waals surface area contributed by atoms with Crippen LogP contribution in [0.1, 0.15) is 5.56 Å². The van der Waals surface area contributed by atoms with Crippen LogP contribution >= 0.6 is 11.6 Å². The van der Waals surface area contributed by atoms with Crippen LogP contribution in [-0.2, 0) is 6.42 Å². The number of halogens is 1. The molecule has 2 aromatic carbocycles. The maximum Gasteiger partial charge on any atom is 0.324 e. The van der Waals surface area contributed by atoms with Gasteiger partial charge in [0.2, 0.25) is 0 Å². The lowest BCUT2D eigenvalue weighted by Gasteiger charge is -2.18. The number of hydrogen-bond donors (Lipinski definition) is 1. The molecule has 0 saturated carbocycles. The van der Waals surface area contributed by atoms with E-state index in [9.17, 15) is 4.79 Å². The lowest BCUT2D eigenvalue weighted by Crippen LogP contribution is -2.40. The Morgan fingerprint density at radius 3 is 2.76 bits per heavy atom. The largest absolute Gasteiger partial charge is 0.473 e. The fourth-order valence-corrected chi connectivity index (χ4v) is 2.48. The molecule has 21 heavy (non-hydrogen) atoms. The highest BCUT2D eigenvalue weighted by Gasteiger charge is 2.23. The minimum atomic E-state index is -0.145. The minimum Gasteiger partial charge on any atom is -0.473 e. The van der Waals surface area contributed by atoms with Gasteiger partial charge < -0.3 is 10.1 Å². The Morgan fingerprint density at radius 2 is 1.95 bits per heavy atom. The fraction of sp³-hybridized carbons (Fsp3) is 0.188. The number of para-hydroxylation sites is 1. The number of hydrogen-bond acceptors (Lipinski definition) is 2. The molecule has 0 saturated heterocycles. The number of carbonyl (C=O) groups is 1. The third-order valence-corrected chi connectivity index (χ3v) is 3.66. The van der Waals surface area contributed by atoms with E-state index in [0.29, 0.717) is 17.3 Å². The number of benzene rings is 2. The lowest BCUT2D eigenvalue weighted by molar-refractivity contribution is 0.229. The van der Waals surface area contributed by atoms with Crippen LogP contribution in [0.2, 0.25) is 5.02 Å². The van der Waals surface area contributed by atoms with Crippen molar-refractivity contribution in [2.24, 2.45) is 0 Å². The van der Waals surface area contributed by atoms with Gasteiger partial charge in [-0.15, -0.1) is 0 Å². The van der Waals surface area contributed by atoms with Gasteiger partial charge in [0.25, 0.3) is 0 Å². The molecular weight excluding hydrogens is 288 g/mol. The summed E-state index contributed by atoms with van der Waals surface area (Å²) in [4.78, 5) is 13.9. The van der Waals surface area contributed by atoms with Crippen molar-refractivity contribution in [3.63, 3.8) is 0 Å². The predicted octanol–water partition coefficient (Wildman–Crippen LogP) is 3.45. The number of urea groups is 1. The first-order valence-corrected chi connectivity index (χ1v) is 7.13. The number of anilines is 1. The number of ether oxygens (including phenoxy) is 1. The summed E-state index contributed by atoms with van der Waals surface area (Å²) in [7, 11) is 0. The van der Waals surface area contributed by atoms with Crippen LogP contribution in [0.15, 0.2) is 48.5 Å². The van der Waals surface area contributed by atoms with E-state index in [4.69, 9.17) is 16.3 Å². The zero-order chi connectivity index (χ0) is 14.7. The molecular formula is C16H15ClN2O2. The van der Waals surface area contributed by atoms with Crippen molar-refractivity contribution in [3.8, 4) is 5.75 Å². The van der Waals surface area contributed by atoms with Crippen LogP contribution in [0.25, 0.3) is 0 Å². The Labute approximate surface area is 128 Å². The quantitative estimate of drug-likeness (QED) is 0.882. The van der Waals surface area contributed by atoms with E-state index in [1.54, 1.807) is 29.2 Å². The number of amides is 2. The Kier molecular flexibility index (Phi) is 3.97. The summed E-state index contributed by atoms with van der Waals surface area (Å²) in [6.07, 6.45) is 0.891. The van der Waals surface area contributed by atoms with Gasteiger partial charge in [0.05, 0.1) is 0 Å². The standard InChI is InChI=1S/C16H15ClN2O2/c17-13-5-7-14(8-6-13)21-11-18-16(20)19-10-9-12-3-1-2-4-15(12)19/h1-8H,9-11H2,(H,18,20). The average Bonchev–Trinajstić information content (AvgIpc) is 2.93. The molecule has 2 amide bonds. The molecule has 5 heteroatoms. The molecule has 0 aliphatic carbocycles. The normalized spacial score (nSPS) is 12.9. The molecule has 108 valence electrons. The van der Waals surface area contributed by atoms with Crippen LogP contribution in [-0.4, -0.2) is 19.3 Å². The molecule has 2 aromatic rings. The third kappa shape index (κ3) is 3.11. The summed E-state index contributed by atoms with van der Waals surface area (Å²) >= 11 is 5.80. The van der Waals surface area contributed by atoms with E-state index in [1.165, 1.54) is 5.56 Å². The third-order valence-electron chi connectivity index (χ3n) is 3.41. The monoisotopic (exact) mass is 302 g/mol. The van der Waals surface area contributed by atoms with Gasteiger partial charge in [0.1, 0.15) is 5.75 Å². The first-order chi connectivity index (χ1) is 10.2. The van der Waals surface area contributed by atoms with Crippen LogP contribution in [0.5, 0.6) is 5.75 Å². The summed E-state index contributed by atoms with van der Waals surface area (Å²) in [6, 6.07) is 14.8. The van der Waals surface area contributed by atoms with Gasteiger partial charge in [0.15, 0.2) is 6.73 Å². The van der Waals surface area contributed by atoms with E-state index in [0.717, 1.165) is 12.1 Å². The van der Waals surface area contributed by atoms with Gasteiger partial charge in [-0.25, -0.2) is 4.79 Å². The van der Waals surface area contributed by atoms with Crippen LogP contribution in [0, 0.1) is 0 Å². The number of nitrogens with zero attached hydrogens (tertiary/aromatic N) is 1. The smallest absolute Gasteiger partial charge is 0.324 e. The lowest BCUT2D eigenvalue weighted by atomic mass is 10.2. The number of carbonyl (C=O) groups excluding carboxylic acids is 1. The predicted molar refractivity (Wildman–Crippen MR) is 83.0 cm³/mol. The van der Waals surface area contributed by atoms with Crippen molar-refractivity contribution in [3.05, 3.63) is 59.1 Å². The fourth-order valence-electron chi connectivity index (χ4n) is 2.36. The molecule has 0 unspecified atom stereocenters. The minimum absolute atomic E-state index is 0.124. The molecule has 0 bridgehead atoms. The summed E-state index contributed by atoms with van der Waals surface area (Å²) in [5.41, 5.74) is 2.17. The van der Waals surface area contributed by atoms with Gasteiger partial charge in [0, 0.05) is 17.3 Å². The van der Waals surface area contributed by atoms with E-state index in [2.05, 4.69) is 5.32 Å². The second kappa shape index (κ2) is 6.06. The van der Waals surface area contributed by atoms with Crippen molar-refractivity contribution >= 4 is 23.3 Å². The average molecular weight is 303 g/mol. The van der Waals surface area contributed by atoms with Crippen LogP contribution in [0.3, 0.4) is 0 Å². The highest BCUT2D eigenvalue weighted by atomic mass is 35.5. The van der Waals surface area contributed by atoms with E-state index in [-0.39, 0.29) is 12.8 Å². The zero-order valence-corrected chi connectivity index (χ0v) is 12.1. The van der Waals surface area contributed by atoms with Crippen molar-refractivity contribution in [1.82, 2.24) is 5.32 Å². The molecule has 0 radical (unpaired) electrons. The molecule has 3 rings (SSSR count). The van der Waals surface area contributed by atoms with Crippen LogP contribution < -0.4 is 15.0 Å². The first kappa shape index (κ1) is 13.8. The molecule has 1 heterocycles. The summed E-state index contributed by atoms with van der Waals surface area (Å²) < 4.78 is 5.46. The Morgan fingerprint density at radius 1 is 1.19 bits per heavy atom. The molecule has 0 spiro atoms. The Balaban J connectivity index is 1.54. The summed E-state index contributed by atoms with van der Waals surface area (Å²) in [6.45, 7) is 0.825. The van der Waals surface area contributed by atoms with Gasteiger partial charge in [-0.3, -0.25) is 4.90 Å². The molecule has 0 fully saturated rings. The summed E-state index contributed by atoms with van der Waals surface area (Å²) in [5.74, 6) is 0.668. The molecule has 0 aromatic heterocycles. The van der Waals surface area contributed by atoms with Gasteiger partial charge in [-0.05, 0) is 42.3 Å².